The lowest BCUT2D eigenvalue weighted by Crippen LogP contribution is -2.18. The van der Waals surface area contributed by atoms with Gasteiger partial charge >= 0.3 is 5.97 Å². The summed E-state index contributed by atoms with van der Waals surface area (Å²) in [4.78, 5) is 11.1. The van der Waals surface area contributed by atoms with Crippen LogP contribution in [-0.2, 0) is 17.1 Å². The van der Waals surface area contributed by atoms with E-state index in [9.17, 15) is 13.2 Å². The van der Waals surface area contributed by atoms with Crippen LogP contribution in [0.3, 0.4) is 0 Å². The zero-order valence-corrected chi connectivity index (χ0v) is 11.3. The molecule has 106 valence electrons. The molecule has 0 bridgehead atoms. The number of aromatic carboxylic acids is 1. The summed E-state index contributed by atoms with van der Waals surface area (Å²) in [5.41, 5.74) is 5.43. The Bertz CT molecular complexity index is 766. The number of nitrogens with zero attached hydrogens (tertiary/aromatic N) is 2. The van der Waals surface area contributed by atoms with Crippen LogP contribution in [0, 0.1) is 0 Å². The predicted molar refractivity (Wildman–Crippen MR) is 71.8 cm³/mol. The predicted octanol–water partition coefficient (Wildman–Crippen LogP) is 0.501. The maximum Gasteiger partial charge on any atom is 0.337 e. The second kappa shape index (κ2) is 4.85. The van der Waals surface area contributed by atoms with Crippen molar-refractivity contribution in [2.75, 3.05) is 10.5 Å². The molecule has 0 aliphatic rings. The first kappa shape index (κ1) is 13.9. The van der Waals surface area contributed by atoms with E-state index in [0.717, 1.165) is 0 Å². The summed E-state index contributed by atoms with van der Waals surface area (Å²) in [6.07, 6.45) is 1.33. The number of rotatable bonds is 4. The van der Waals surface area contributed by atoms with Crippen molar-refractivity contribution < 1.29 is 18.3 Å². The van der Waals surface area contributed by atoms with Crippen LogP contribution in [0.4, 0.5) is 11.4 Å². The van der Waals surface area contributed by atoms with Gasteiger partial charge < -0.3 is 10.8 Å². The van der Waals surface area contributed by atoms with Crippen molar-refractivity contribution in [2.45, 2.75) is 5.03 Å². The van der Waals surface area contributed by atoms with Crippen molar-refractivity contribution in [3.05, 3.63) is 36.0 Å². The van der Waals surface area contributed by atoms with Gasteiger partial charge in [-0.3, -0.25) is 9.40 Å². The summed E-state index contributed by atoms with van der Waals surface area (Å²) in [6.45, 7) is 0. The molecule has 0 radical (unpaired) electrons. The molecule has 1 aromatic heterocycles. The van der Waals surface area contributed by atoms with Crippen molar-refractivity contribution in [3.8, 4) is 0 Å². The maximum absolute atomic E-state index is 12.1. The van der Waals surface area contributed by atoms with Gasteiger partial charge in [-0.05, 0) is 24.3 Å². The van der Waals surface area contributed by atoms with E-state index in [2.05, 4.69) is 9.82 Å². The fourth-order valence-electron chi connectivity index (χ4n) is 1.65. The zero-order chi connectivity index (χ0) is 14.9. The zero-order valence-electron chi connectivity index (χ0n) is 10.4. The highest BCUT2D eigenvalue weighted by atomic mass is 32.2. The molecule has 0 amide bonds. The summed E-state index contributed by atoms with van der Waals surface area (Å²) >= 11 is 0. The Morgan fingerprint density at radius 2 is 2.10 bits per heavy atom. The van der Waals surface area contributed by atoms with E-state index in [-0.39, 0.29) is 22.0 Å². The molecule has 2 rings (SSSR count). The minimum absolute atomic E-state index is 0.0621. The largest absolute Gasteiger partial charge is 0.478 e. The van der Waals surface area contributed by atoms with Crippen LogP contribution in [-0.4, -0.2) is 29.3 Å². The van der Waals surface area contributed by atoms with E-state index >= 15 is 0 Å². The Hall–Kier alpha value is -2.55. The summed E-state index contributed by atoms with van der Waals surface area (Å²) in [5.74, 6) is -1.28. The van der Waals surface area contributed by atoms with Gasteiger partial charge in [0.2, 0.25) is 0 Å². The van der Waals surface area contributed by atoms with Gasteiger partial charge in [-0.2, -0.15) is 13.5 Å². The number of carboxylic acid groups (broad SMARTS) is 1. The summed E-state index contributed by atoms with van der Waals surface area (Å²) in [5, 5.41) is 12.7. The van der Waals surface area contributed by atoms with E-state index in [0.29, 0.717) is 0 Å². The number of sulfonamides is 1. The van der Waals surface area contributed by atoms with Crippen LogP contribution in [0.15, 0.2) is 35.5 Å². The molecule has 0 unspecified atom stereocenters. The molecule has 1 heterocycles. The molecule has 0 saturated carbocycles. The van der Waals surface area contributed by atoms with Crippen molar-refractivity contribution >= 4 is 27.4 Å². The fraction of sp³-hybridized carbons (Fsp3) is 0.0909. The molecule has 4 N–H and O–H groups in total. The van der Waals surface area contributed by atoms with E-state index < -0.39 is 16.0 Å². The number of hydrogen-bond acceptors (Lipinski definition) is 5. The number of nitrogens with one attached hydrogen (secondary N) is 1. The number of benzene rings is 1. The standard InChI is InChI=1S/C11H12N4O4S/c1-15-10(4-5-13-15)20(18,19)14-9-3-2-7(12)6-8(9)11(16)17/h2-6,14H,12H2,1H3,(H,16,17). The lowest BCUT2D eigenvalue weighted by molar-refractivity contribution is 0.0698. The van der Waals surface area contributed by atoms with Crippen LogP contribution in [0.25, 0.3) is 0 Å². The molecule has 1 aromatic carbocycles. The molecule has 0 atom stereocenters. The van der Waals surface area contributed by atoms with E-state index in [1.54, 1.807) is 0 Å². The number of aryl methyl sites for hydroxylation is 1. The molecule has 8 nitrogen and oxygen atoms in total. The van der Waals surface area contributed by atoms with Gasteiger partial charge in [0.15, 0.2) is 5.03 Å². The molecule has 0 aliphatic carbocycles. The third kappa shape index (κ3) is 2.57. The Labute approximate surface area is 114 Å². The number of anilines is 2. The smallest absolute Gasteiger partial charge is 0.337 e. The van der Waals surface area contributed by atoms with Crippen LogP contribution in [0.5, 0.6) is 0 Å². The quantitative estimate of drug-likeness (QED) is 0.705. The van der Waals surface area contributed by atoms with Crippen LogP contribution < -0.4 is 10.5 Å². The lowest BCUT2D eigenvalue weighted by Gasteiger charge is -2.11. The second-order valence-corrected chi connectivity index (χ2v) is 5.64. The minimum atomic E-state index is -3.92. The van der Waals surface area contributed by atoms with Crippen molar-refractivity contribution in [2.24, 2.45) is 7.05 Å². The van der Waals surface area contributed by atoms with Gasteiger partial charge in [-0.25, -0.2) is 4.79 Å². The SMILES string of the molecule is Cn1nccc1S(=O)(=O)Nc1ccc(N)cc1C(=O)O. The maximum atomic E-state index is 12.1. The van der Waals surface area contributed by atoms with Crippen LogP contribution >= 0.6 is 0 Å². The molecule has 2 aromatic rings. The Morgan fingerprint density at radius 3 is 2.65 bits per heavy atom. The van der Waals surface area contributed by atoms with Gasteiger partial charge in [0.25, 0.3) is 10.0 Å². The first-order valence-corrected chi connectivity index (χ1v) is 6.93. The number of hydrogen-bond donors (Lipinski definition) is 3. The number of nitrogens with two attached hydrogens (primary N) is 1. The van der Waals surface area contributed by atoms with Crippen LogP contribution in [0.1, 0.15) is 10.4 Å². The highest BCUT2D eigenvalue weighted by Gasteiger charge is 2.21. The highest BCUT2D eigenvalue weighted by molar-refractivity contribution is 7.92. The number of nitrogen functional groups attached to an aromatic ring is 1. The molecule has 20 heavy (non-hydrogen) atoms. The van der Waals surface area contributed by atoms with Gasteiger partial charge in [0, 0.05) is 12.7 Å². The normalized spacial score (nSPS) is 11.2. The van der Waals surface area contributed by atoms with Crippen LogP contribution in [0.2, 0.25) is 0 Å². The van der Waals surface area contributed by atoms with Gasteiger partial charge in [0.1, 0.15) is 0 Å². The average Bonchev–Trinajstić information content (AvgIpc) is 2.78. The third-order valence-electron chi connectivity index (χ3n) is 2.57. The fourth-order valence-corrected chi connectivity index (χ4v) is 2.86. The van der Waals surface area contributed by atoms with Crippen molar-refractivity contribution in [1.29, 1.82) is 0 Å². The molecule has 0 fully saturated rings. The number of carbonyl (C=O) groups is 1. The molecule has 0 aliphatic heterocycles. The second-order valence-electron chi connectivity index (χ2n) is 4.01. The van der Waals surface area contributed by atoms with Crippen molar-refractivity contribution in [1.82, 2.24) is 9.78 Å². The van der Waals surface area contributed by atoms with Crippen molar-refractivity contribution in [3.63, 3.8) is 0 Å². The van der Waals surface area contributed by atoms with E-state index in [4.69, 9.17) is 10.8 Å². The number of aromatic nitrogens is 2. The van der Waals surface area contributed by atoms with E-state index in [1.807, 2.05) is 0 Å². The first-order valence-electron chi connectivity index (χ1n) is 5.45. The van der Waals surface area contributed by atoms with Gasteiger partial charge in [-0.1, -0.05) is 0 Å². The summed E-state index contributed by atoms with van der Waals surface area (Å²) in [6, 6.07) is 5.20. The lowest BCUT2D eigenvalue weighted by atomic mass is 10.1. The Morgan fingerprint density at radius 1 is 1.40 bits per heavy atom. The monoisotopic (exact) mass is 296 g/mol. The Balaban J connectivity index is 2.45. The number of carboxylic acids is 1. The summed E-state index contributed by atoms with van der Waals surface area (Å²) in [7, 11) is -2.46. The molecule has 9 heteroatoms. The molecule has 0 spiro atoms. The molecular weight excluding hydrogens is 284 g/mol. The Kier molecular flexibility index (Phi) is 3.36. The highest BCUT2D eigenvalue weighted by Crippen LogP contribution is 2.22. The average molecular weight is 296 g/mol. The van der Waals surface area contributed by atoms with Gasteiger partial charge in [0.05, 0.1) is 17.4 Å². The third-order valence-corrected chi connectivity index (χ3v) is 4.01. The molecular formula is C11H12N4O4S. The first-order chi connectivity index (χ1) is 9.31. The summed E-state index contributed by atoms with van der Waals surface area (Å²) < 4.78 is 27.7. The minimum Gasteiger partial charge on any atom is -0.478 e. The topological polar surface area (TPSA) is 127 Å². The van der Waals surface area contributed by atoms with Gasteiger partial charge in [-0.15, -0.1) is 0 Å². The molecule has 0 saturated heterocycles. The van der Waals surface area contributed by atoms with E-state index in [1.165, 1.54) is 42.2 Å².